The molecule has 1 aromatic carbocycles. The van der Waals surface area contributed by atoms with Gasteiger partial charge in [0, 0.05) is 0 Å². The van der Waals surface area contributed by atoms with Gasteiger partial charge in [0.15, 0.2) is 0 Å². The molecule has 0 amide bonds. The van der Waals surface area contributed by atoms with Crippen molar-refractivity contribution in [1.82, 2.24) is 0 Å². The minimum absolute atomic E-state index is 0.000586. The summed E-state index contributed by atoms with van der Waals surface area (Å²) in [6.07, 6.45) is 5.66. The second kappa shape index (κ2) is 6.64. The molecule has 0 bridgehead atoms. The average molecular weight is 329 g/mol. The Morgan fingerprint density at radius 1 is 1.32 bits per heavy atom. The number of hydrogen-bond donors (Lipinski definition) is 2. The van der Waals surface area contributed by atoms with Crippen molar-refractivity contribution in [2.45, 2.75) is 38.0 Å². The lowest BCUT2D eigenvalue weighted by atomic mass is 9.77. The molecule has 0 spiro atoms. The van der Waals surface area contributed by atoms with Crippen molar-refractivity contribution >= 4 is 21.7 Å². The third kappa shape index (κ3) is 4.19. The quantitative estimate of drug-likeness (QED) is 0.870. The first-order valence-electron chi connectivity index (χ1n) is 7.28. The molecule has 5 nitrogen and oxygen atoms in total. The molecule has 2 N–H and O–H groups in total. The van der Waals surface area contributed by atoms with Gasteiger partial charge in [-0.25, -0.2) is 12.8 Å². The highest BCUT2D eigenvalue weighted by Gasteiger charge is 2.31. The van der Waals surface area contributed by atoms with Crippen molar-refractivity contribution in [2.24, 2.45) is 5.92 Å². The average Bonchev–Trinajstić information content (AvgIpc) is 2.41. The van der Waals surface area contributed by atoms with Crippen LogP contribution in [0.4, 0.5) is 10.1 Å². The van der Waals surface area contributed by atoms with Gasteiger partial charge in [0.25, 0.3) is 0 Å². The van der Waals surface area contributed by atoms with Crippen molar-refractivity contribution in [3.05, 3.63) is 29.6 Å². The zero-order valence-corrected chi connectivity index (χ0v) is 13.2. The molecule has 7 heteroatoms. The number of nitrogens with one attached hydrogen (secondary N) is 1. The summed E-state index contributed by atoms with van der Waals surface area (Å²) in [5.41, 5.74) is 0.218. The number of carbonyl (C=O) groups is 1. The lowest BCUT2D eigenvalue weighted by Crippen LogP contribution is -2.24. The third-order valence-electron chi connectivity index (χ3n) is 4.03. The van der Waals surface area contributed by atoms with Gasteiger partial charge in [0.05, 0.1) is 17.9 Å². The van der Waals surface area contributed by atoms with Gasteiger partial charge in [0.2, 0.25) is 10.0 Å². The molecule has 0 radical (unpaired) electrons. The Balaban J connectivity index is 2.29. The largest absolute Gasteiger partial charge is 0.481 e. The van der Waals surface area contributed by atoms with E-state index in [0.717, 1.165) is 44.4 Å². The minimum Gasteiger partial charge on any atom is -0.481 e. The number of aliphatic carboxylic acids is 1. The normalized spacial score (nSPS) is 17.9. The Labute approximate surface area is 129 Å². The van der Waals surface area contributed by atoms with Crippen LogP contribution in [0.1, 0.15) is 43.6 Å². The summed E-state index contributed by atoms with van der Waals surface area (Å²) in [5, 5.41) is 9.49. The number of halogens is 1. The van der Waals surface area contributed by atoms with Crippen LogP contribution in [0.15, 0.2) is 18.2 Å². The fourth-order valence-corrected chi connectivity index (χ4v) is 3.66. The maximum absolute atomic E-state index is 14.1. The van der Waals surface area contributed by atoms with E-state index in [2.05, 4.69) is 4.72 Å². The van der Waals surface area contributed by atoms with Gasteiger partial charge in [-0.05, 0) is 36.5 Å². The highest BCUT2D eigenvalue weighted by Crippen LogP contribution is 2.37. The predicted octanol–water partition coefficient (Wildman–Crippen LogP) is 2.95. The van der Waals surface area contributed by atoms with Crippen molar-refractivity contribution in [2.75, 3.05) is 11.0 Å². The molecular formula is C15H20FNO4S. The Hall–Kier alpha value is -1.63. The van der Waals surface area contributed by atoms with Gasteiger partial charge >= 0.3 is 5.97 Å². The summed E-state index contributed by atoms with van der Waals surface area (Å²) in [6, 6.07) is 3.90. The van der Waals surface area contributed by atoms with E-state index in [-0.39, 0.29) is 11.6 Å². The minimum atomic E-state index is -3.58. The number of carboxylic acids is 1. The van der Waals surface area contributed by atoms with E-state index in [1.165, 1.54) is 12.1 Å². The molecule has 0 heterocycles. The van der Waals surface area contributed by atoms with Crippen molar-refractivity contribution < 1.29 is 22.7 Å². The molecule has 22 heavy (non-hydrogen) atoms. The zero-order valence-electron chi connectivity index (χ0n) is 12.4. The van der Waals surface area contributed by atoms with Crippen LogP contribution < -0.4 is 4.72 Å². The molecule has 1 aliphatic rings. The van der Waals surface area contributed by atoms with E-state index >= 15 is 0 Å². The molecule has 0 saturated heterocycles. The van der Waals surface area contributed by atoms with Gasteiger partial charge < -0.3 is 5.11 Å². The van der Waals surface area contributed by atoms with Crippen LogP contribution >= 0.6 is 0 Å². The molecule has 1 fully saturated rings. The summed E-state index contributed by atoms with van der Waals surface area (Å²) in [7, 11) is -3.58. The Morgan fingerprint density at radius 2 is 1.95 bits per heavy atom. The van der Waals surface area contributed by atoms with Crippen molar-refractivity contribution in [3.8, 4) is 0 Å². The number of carboxylic acid groups (broad SMARTS) is 1. The number of sulfonamides is 1. The molecule has 1 saturated carbocycles. The summed E-state index contributed by atoms with van der Waals surface area (Å²) in [5.74, 6) is -2.47. The molecule has 0 aliphatic heterocycles. The van der Waals surface area contributed by atoms with Crippen LogP contribution in [0.3, 0.4) is 0 Å². The van der Waals surface area contributed by atoms with Crippen LogP contribution in [-0.4, -0.2) is 25.7 Å². The second-order valence-corrected chi connectivity index (χ2v) is 7.58. The second-order valence-electron chi connectivity index (χ2n) is 5.83. The first-order valence-corrected chi connectivity index (χ1v) is 9.17. The fraction of sp³-hybridized carbons (Fsp3) is 0.533. The maximum Gasteiger partial charge on any atom is 0.311 e. The summed E-state index contributed by atoms with van der Waals surface area (Å²) < 4.78 is 38.4. The summed E-state index contributed by atoms with van der Waals surface area (Å²) in [6.45, 7) is 0. The first kappa shape index (κ1) is 16.7. The van der Waals surface area contributed by atoms with Gasteiger partial charge in [0.1, 0.15) is 5.82 Å². The molecule has 0 aromatic heterocycles. The lowest BCUT2D eigenvalue weighted by Gasteiger charge is -2.28. The number of anilines is 1. The predicted molar refractivity (Wildman–Crippen MR) is 81.8 cm³/mol. The number of hydrogen-bond acceptors (Lipinski definition) is 3. The van der Waals surface area contributed by atoms with Crippen LogP contribution in [0.25, 0.3) is 0 Å². The van der Waals surface area contributed by atoms with Crippen molar-refractivity contribution in [3.63, 3.8) is 0 Å². The highest BCUT2D eigenvalue weighted by molar-refractivity contribution is 7.92. The third-order valence-corrected chi connectivity index (χ3v) is 4.63. The molecule has 122 valence electrons. The van der Waals surface area contributed by atoms with E-state index < -0.39 is 27.7 Å². The van der Waals surface area contributed by atoms with Gasteiger partial charge in [-0.3, -0.25) is 9.52 Å². The van der Waals surface area contributed by atoms with E-state index in [4.69, 9.17) is 0 Å². The first-order chi connectivity index (χ1) is 10.3. The monoisotopic (exact) mass is 329 g/mol. The summed E-state index contributed by atoms with van der Waals surface area (Å²) >= 11 is 0. The van der Waals surface area contributed by atoms with Crippen LogP contribution in [-0.2, 0) is 14.8 Å². The van der Waals surface area contributed by atoms with E-state index in [0.29, 0.717) is 5.56 Å². The summed E-state index contributed by atoms with van der Waals surface area (Å²) in [4.78, 5) is 11.6. The Morgan fingerprint density at radius 3 is 2.45 bits per heavy atom. The highest BCUT2D eigenvalue weighted by atomic mass is 32.2. The van der Waals surface area contributed by atoms with E-state index in [9.17, 15) is 22.7 Å². The molecule has 1 atom stereocenters. The number of benzene rings is 1. The maximum atomic E-state index is 14.1. The van der Waals surface area contributed by atoms with Crippen molar-refractivity contribution in [1.29, 1.82) is 0 Å². The molecule has 1 aromatic rings. The van der Waals surface area contributed by atoms with Crippen LogP contribution in [0, 0.1) is 11.7 Å². The lowest BCUT2D eigenvalue weighted by molar-refractivity contribution is -0.140. The molecule has 1 aliphatic carbocycles. The molecular weight excluding hydrogens is 309 g/mol. The molecule has 1 unspecified atom stereocenters. The standard InChI is InChI=1S/C15H20FNO4S/c1-22(20,21)17-13-8-7-11(9-12(13)16)14(15(18)19)10-5-3-2-4-6-10/h7-10,14,17H,2-6H2,1H3,(H,18,19). The van der Waals surface area contributed by atoms with Gasteiger partial charge in [-0.15, -0.1) is 0 Å². The van der Waals surface area contributed by atoms with Crippen LogP contribution in [0.5, 0.6) is 0 Å². The smallest absolute Gasteiger partial charge is 0.311 e. The number of rotatable bonds is 5. The Bertz CT molecular complexity index is 654. The molecule has 2 rings (SSSR count). The van der Waals surface area contributed by atoms with E-state index in [1.54, 1.807) is 0 Å². The van der Waals surface area contributed by atoms with Gasteiger partial charge in [-0.2, -0.15) is 0 Å². The van der Waals surface area contributed by atoms with Gasteiger partial charge in [-0.1, -0.05) is 25.3 Å². The topological polar surface area (TPSA) is 83.5 Å². The van der Waals surface area contributed by atoms with E-state index in [1.807, 2.05) is 0 Å². The SMILES string of the molecule is CS(=O)(=O)Nc1ccc(C(C(=O)O)C2CCCCC2)cc1F. The Kier molecular flexibility index (Phi) is 5.05. The fourth-order valence-electron chi connectivity index (χ4n) is 3.09. The van der Waals surface area contributed by atoms with Crippen LogP contribution in [0.2, 0.25) is 0 Å². The zero-order chi connectivity index (χ0) is 16.3.